The lowest BCUT2D eigenvalue weighted by atomic mass is 9.95. The van der Waals surface area contributed by atoms with E-state index < -0.39 is 17.3 Å². The minimum Gasteiger partial charge on any atom is -0.481 e. The third-order valence-electron chi connectivity index (χ3n) is 4.04. The third kappa shape index (κ3) is 2.78. The Kier molecular flexibility index (Phi) is 3.75. The molecule has 0 aromatic heterocycles. The smallest absolute Gasteiger partial charge is 0.308 e. The Labute approximate surface area is 118 Å². The van der Waals surface area contributed by atoms with Gasteiger partial charge in [0, 0.05) is 31.5 Å². The molecule has 0 bridgehead atoms. The number of rotatable bonds is 2. The first-order valence-electron chi connectivity index (χ1n) is 7.02. The van der Waals surface area contributed by atoms with Gasteiger partial charge in [-0.05, 0) is 6.42 Å². The first-order valence-corrected chi connectivity index (χ1v) is 7.02. The maximum absolute atomic E-state index is 12.2. The fourth-order valence-corrected chi connectivity index (χ4v) is 2.90. The van der Waals surface area contributed by atoms with Crippen LogP contribution >= 0.6 is 0 Å². The van der Waals surface area contributed by atoms with Crippen molar-refractivity contribution in [3.05, 3.63) is 0 Å². The largest absolute Gasteiger partial charge is 0.481 e. The van der Waals surface area contributed by atoms with Gasteiger partial charge in [0.15, 0.2) is 0 Å². The molecule has 2 heterocycles. The van der Waals surface area contributed by atoms with Gasteiger partial charge < -0.3 is 14.9 Å². The van der Waals surface area contributed by atoms with E-state index in [-0.39, 0.29) is 30.8 Å². The summed E-state index contributed by atoms with van der Waals surface area (Å²) in [6.07, 6.45) is 0.818. The van der Waals surface area contributed by atoms with Crippen molar-refractivity contribution in [1.82, 2.24) is 9.80 Å². The zero-order valence-corrected chi connectivity index (χ0v) is 12.3. The summed E-state index contributed by atoms with van der Waals surface area (Å²) in [5.41, 5.74) is -0.423. The van der Waals surface area contributed by atoms with Crippen molar-refractivity contribution in [2.24, 2.45) is 11.3 Å². The number of nitrogens with zero attached hydrogens (tertiary/aromatic N) is 2. The van der Waals surface area contributed by atoms with Crippen LogP contribution in [0.4, 0.5) is 0 Å². The summed E-state index contributed by atoms with van der Waals surface area (Å²) in [7, 11) is 0. The molecule has 2 aliphatic heterocycles. The lowest BCUT2D eigenvalue weighted by Crippen LogP contribution is -2.42. The molecule has 2 saturated heterocycles. The summed E-state index contributed by atoms with van der Waals surface area (Å²) < 4.78 is 0. The van der Waals surface area contributed by atoms with E-state index in [9.17, 15) is 14.4 Å². The molecule has 20 heavy (non-hydrogen) atoms. The highest BCUT2D eigenvalue weighted by molar-refractivity contribution is 5.86. The molecule has 2 rings (SSSR count). The van der Waals surface area contributed by atoms with Crippen LogP contribution in [0.1, 0.15) is 33.6 Å². The van der Waals surface area contributed by atoms with Crippen molar-refractivity contribution in [2.45, 2.75) is 39.7 Å². The number of hydrogen-bond donors (Lipinski definition) is 1. The Hall–Kier alpha value is -1.59. The molecule has 2 amide bonds. The van der Waals surface area contributed by atoms with E-state index in [0.29, 0.717) is 13.1 Å². The van der Waals surface area contributed by atoms with Gasteiger partial charge in [-0.1, -0.05) is 20.8 Å². The van der Waals surface area contributed by atoms with Crippen LogP contribution in [-0.4, -0.2) is 58.4 Å². The van der Waals surface area contributed by atoms with Crippen LogP contribution < -0.4 is 0 Å². The summed E-state index contributed by atoms with van der Waals surface area (Å²) in [6, 6.07) is -0.0295. The lowest BCUT2D eigenvalue weighted by molar-refractivity contribution is -0.141. The molecule has 0 aromatic rings. The molecular formula is C14H22N2O4. The summed E-state index contributed by atoms with van der Waals surface area (Å²) in [4.78, 5) is 38.5. The van der Waals surface area contributed by atoms with Crippen LogP contribution in [0.3, 0.4) is 0 Å². The fourth-order valence-electron chi connectivity index (χ4n) is 2.90. The molecule has 1 N–H and O–H groups in total. The van der Waals surface area contributed by atoms with E-state index in [2.05, 4.69) is 0 Å². The van der Waals surface area contributed by atoms with E-state index in [4.69, 9.17) is 5.11 Å². The summed E-state index contributed by atoms with van der Waals surface area (Å²) in [5.74, 6) is -1.54. The van der Waals surface area contributed by atoms with Crippen LogP contribution in [0.2, 0.25) is 0 Å². The molecule has 0 radical (unpaired) electrons. The van der Waals surface area contributed by atoms with Crippen molar-refractivity contribution in [3.63, 3.8) is 0 Å². The molecule has 112 valence electrons. The van der Waals surface area contributed by atoms with Gasteiger partial charge in [0.05, 0.1) is 12.0 Å². The predicted octanol–water partition coefficient (Wildman–Crippen LogP) is 0.567. The summed E-state index contributed by atoms with van der Waals surface area (Å²) in [5, 5.41) is 9.00. The molecule has 6 heteroatoms. The molecule has 0 aromatic carbocycles. The Bertz CT molecular complexity index is 441. The van der Waals surface area contributed by atoms with Crippen LogP contribution in [0.5, 0.6) is 0 Å². The van der Waals surface area contributed by atoms with Gasteiger partial charge in [0.1, 0.15) is 0 Å². The van der Waals surface area contributed by atoms with Crippen molar-refractivity contribution >= 4 is 17.8 Å². The number of carbonyl (C=O) groups excluding carboxylic acids is 2. The molecule has 6 nitrogen and oxygen atoms in total. The number of likely N-dealkylation sites (tertiary alicyclic amines) is 2. The second-order valence-electron chi connectivity index (χ2n) is 6.73. The molecular weight excluding hydrogens is 260 g/mol. The monoisotopic (exact) mass is 282 g/mol. The normalized spacial score (nSPS) is 27.2. The van der Waals surface area contributed by atoms with E-state index in [1.807, 2.05) is 20.8 Å². The summed E-state index contributed by atoms with van der Waals surface area (Å²) >= 11 is 0. The Morgan fingerprint density at radius 1 is 1.25 bits per heavy atom. The molecule has 0 saturated carbocycles. The number of carboxylic acids is 1. The first kappa shape index (κ1) is 14.8. The van der Waals surface area contributed by atoms with Gasteiger partial charge in [-0.3, -0.25) is 14.4 Å². The second-order valence-corrected chi connectivity index (χ2v) is 6.73. The Balaban J connectivity index is 1.98. The van der Waals surface area contributed by atoms with Gasteiger partial charge in [-0.2, -0.15) is 0 Å². The number of amides is 2. The quantitative estimate of drug-likeness (QED) is 0.803. The topological polar surface area (TPSA) is 77.9 Å². The molecule has 0 aliphatic carbocycles. The number of aliphatic carboxylic acids is 1. The highest BCUT2D eigenvalue weighted by Crippen LogP contribution is 2.27. The molecule has 2 unspecified atom stereocenters. The zero-order valence-electron chi connectivity index (χ0n) is 12.3. The minimum atomic E-state index is -0.915. The standard InChI is InChI=1S/C14H22N2O4/c1-14(2,3)13(20)15-5-4-10(8-15)16-7-9(12(18)19)6-11(16)17/h9-10H,4-8H2,1-3H3,(H,18,19). The fraction of sp³-hybridized carbons (Fsp3) is 0.786. The van der Waals surface area contributed by atoms with E-state index in [1.54, 1.807) is 9.80 Å². The number of carbonyl (C=O) groups is 3. The third-order valence-corrected chi connectivity index (χ3v) is 4.04. The minimum absolute atomic E-state index is 0.0295. The van der Waals surface area contributed by atoms with Gasteiger partial charge in [-0.25, -0.2) is 0 Å². The predicted molar refractivity (Wildman–Crippen MR) is 71.9 cm³/mol. The van der Waals surface area contributed by atoms with Gasteiger partial charge >= 0.3 is 5.97 Å². The zero-order chi connectivity index (χ0) is 15.1. The maximum atomic E-state index is 12.2. The molecule has 2 atom stereocenters. The summed E-state index contributed by atoms with van der Waals surface area (Å²) in [6.45, 7) is 7.07. The molecule has 2 fully saturated rings. The van der Waals surface area contributed by atoms with Crippen molar-refractivity contribution in [1.29, 1.82) is 0 Å². The van der Waals surface area contributed by atoms with Crippen molar-refractivity contribution in [2.75, 3.05) is 19.6 Å². The Morgan fingerprint density at radius 3 is 2.40 bits per heavy atom. The lowest BCUT2D eigenvalue weighted by Gasteiger charge is -2.28. The van der Waals surface area contributed by atoms with Crippen LogP contribution in [0, 0.1) is 11.3 Å². The van der Waals surface area contributed by atoms with Gasteiger partial charge in [0.25, 0.3) is 0 Å². The average molecular weight is 282 g/mol. The SMILES string of the molecule is CC(C)(C)C(=O)N1CCC(N2CC(C(=O)O)CC2=O)C1. The van der Waals surface area contributed by atoms with E-state index in [0.717, 1.165) is 6.42 Å². The van der Waals surface area contributed by atoms with Gasteiger partial charge in [-0.15, -0.1) is 0 Å². The molecule has 2 aliphatic rings. The Morgan fingerprint density at radius 2 is 1.90 bits per heavy atom. The number of carboxylic acid groups (broad SMARTS) is 1. The highest BCUT2D eigenvalue weighted by atomic mass is 16.4. The molecule has 0 spiro atoms. The van der Waals surface area contributed by atoms with Crippen LogP contribution in [0.15, 0.2) is 0 Å². The van der Waals surface area contributed by atoms with Crippen molar-refractivity contribution < 1.29 is 19.5 Å². The average Bonchev–Trinajstić information content (AvgIpc) is 2.92. The van der Waals surface area contributed by atoms with Gasteiger partial charge in [0.2, 0.25) is 11.8 Å². The van der Waals surface area contributed by atoms with Crippen molar-refractivity contribution in [3.8, 4) is 0 Å². The van der Waals surface area contributed by atoms with Crippen LogP contribution in [0.25, 0.3) is 0 Å². The first-order chi connectivity index (χ1) is 9.20. The highest BCUT2D eigenvalue weighted by Gasteiger charge is 2.42. The second kappa shape index (κ2) is 5.07. The van der Waals surface area contributed by atoms with Crippen LogP contribution in [-0.2, 0) is 14.4 Å². The number of hydrogen-bond acceptors (Lipinski definition) is 3. The van der Waals surface area contributed by atoms with E-state index in [1.165, 1.54) is 0 Å². The maximum Gasteiger partial charge on any atom is 0.308 e. The van der Waals surface area contributed by atoms with E-state index >= 15 is 0 Å².